The average molecular weight is 253 g/mol. The summed E-state index contributed by atoms with van der Waals surface area (Å²) in [5.41, 5.74) is 0.195. The van der Waals surface area contributed by atoms with Gasteiger partial charge in [0.05, 0.1) is 11.5 Å². The Morgan fingerprint density at radius 2 is 2.25 bits per heavy atom. The summed E-state index contributed by atoms with van der Waals surface area (Å²) < 4.78 is 22.7. The highest BCUT2D eigenvalue weighted by molar-refractivity contribution is 9.09. The molecule has 12 heavy (non-hydrogen) atoms. The van der Waals surface area contributed by atoms with Crippen LogP contribution in [0.25, 0.3) is 0 Å². The van der Waals surface area contributed by atoms with Crippen molar-refractivity contribution < 1.29 is 8.42 Å². The fourth-order valence-electron chi connectivity index (χ4n) is 2.36. The molecule has 1 saturated heterocycles. The van der Waals surface area contributed by atoms with E-state index in [2.05, 4.69) is 15.9 Å². The molecule has 1 spiro atoms. The van der Waals surface area contributed by atoms with Crippen molar-refractivity contribution in [3.05, 3.63) is 0 Å². The van der Waals surface area contributed by atoms with E-state index in [4.69, 9.17) is 0 Å². The highest BCUT2D eigenvalue weighted by Crippen LogP contribution is 2.58. The molecule has 0 radical (unpaired) electrons. The SMILES string of the molecule is O=S1(=O)CCCC2(CC2CBr)C1. The van der Waals surface area contributed by atoms with Crippen LogP contribution in [0.5, 0.6) is 0 Å². The molecular weight excluding hydrogens is 240 g/mol. The Morgan fingerprint density at radius 1 is 1.50 bits per heavy atom. The lowest BCUT2D eigenvalue weighted by Gasteiger charge is -2.22. The van der Waals surface area contributed by atoms with Crippen LogP contribution < -0.4 is 0 Å². The van der Waals surface area contributed by atoms with Gasteiger partial charge in [0.25, 0.3) is 0 Å². The van der Waals surface area contributed by atoms with E-state index < -0.39 is 9.84 Å². The lowest BCUT2D eigenvalue weighted by atomic mass is 10.0. The van der Waals surface area contributed by atoms with Crippen molar-refractivity contribution in [1.29, 1.82) is 0 Å². The van der Waals surface area contributed by atoms with Crippen LogP contribution in [0.2, 0.25) is 0 Å². The summed E-state index contributed by atoms with van der Waals surface area (Å²) in [4.78, 5) is 0. The van der Waals surface area contributed by atoms with Crippen LogP contribution in [-0.2, 0) is 9.84 Å². The highest BCUT2D eigenvalue weighted by atomic mass is 79.9. The molecule has 2 rings (SSSR count). The van der Waals surface area contributed by atoms with E-state index in [1.54, 1.807) is 0 Å². The molecule has 4 heteroatoms. The van der Waals surface area contributed by atoms with E-state index in [-0.39, 0.29) is 5.41 Å². The molecule has 70 valence electrons. The molecule has 0 aromatic carbocycles. The van der Waals surface area contributed by atoms with Crippen molar-refractivity contribution in [3.63, 3.8) is 0 Å². The minimum absolute atomic E-state index is 0.195. The fourth-order valence-corrected chi connectivity index (χ4v) is 5.38. The van der Waals surface area contributed by atoms with Gasteiger partial charge in [0.15, 0.2) is 9.84 Å². The van der Waals surface area contributed by atoms with Crippen molar-refractivity contribution in [2.75, 3.05) is 16.8 Å². The normalized spacial score (nSPS) is 44.6. The molecular formula is C8H13BrO2S. The minimum Gasteiger partial charge on any atom is -0.229 e. The number of hydrogen-bond donors (Lipinski definition) is 0. The van der Waals surface area contributed by atoms with Gasteiger partial charge in [-0.15, -0.1) is 0 Å². The summed E-state index contributed by atoms with van der Waals surface area (Å²) in [5, 5.41) is 0.975. The van der Waals surface area contributed by atoms with Crippen molar-refractivity contribution in [1.82, 2.24) is 0 Å². The highest BCUT2D eigenvalue weighted by Gasteiger charge is 2.56. The van der Waals surface area contributed by atoms with Crippen molar-refractivity contribution in [3.8, 4) is 0 Å². The van der Waals surface area contributed by atoms with E-state index in [9.17, 15) is 8.42 Å². The Bertz CT molecular complexity index is 285. The molecule has 1 saturated carbocycles. The van der Waals surface area contributed by atoms with Gasteiger partial charge in [-0.1, -0.05) is 15.9 Å². The summed E-state index contributed by atoms with van der Waals surface area (Å²) in [5.74, 6) is 1.51. The van der Waals surface area contributed by atoms with E-state index in [1.807, 2.05) is 0 Å². The molecule has 1 aliphatic carbocycles. The van der Waals surface area contributed by atoms with Crippen LogP contribution in [0, 0.1) is 11.3 Å². The van der Waals surface area contributed by atoms with Crippen molar-refractivity contribution >= 4 is 25.8 Å². The van der Waals surface area contributed by atoms with Gasteiger partial charge in [-0.3, -0.25) is 0 Å². The molecule has 0 aromatic heterocycles. The fraction of sp³-hybridized carbons (Fsp3) is 1.00. The van der Waals surface area contributed by atoms with Crippen LogP contribution in [-0.4, -0.2) is 25.3 Å². The van der Waals surface area contributed by atoms with Gasteiger partial charge in [-0.05, 0) is 30.6 Å². The van der Waals surface area contributed by atoms with Crippen LogP contribution >= 0.6 is 15.9 Å². The molecule has 2 fully saturated rings. The first-order chi connectivity index (χ1) is 5.58. The monoisotopic (exact) mass is 252 g/mol. The molecule has 0 aromatic rings. The third-order valence-electron chi connectivity index (χ3n) is 3.18. The first-order valence-corrected chi connectivity index (χ1v) is 7.29. The smallest absolute Gasteiger partial charge is 0.150 e. The van der Waals surface area contributed by atoms with Crippen LogP contribution in [0.4, 0.5) is 0 Å². The number of sulfone groups is 1. The molecule has 0 amide bonds. The van der Waals surface area contributed by atoms with Gasteiger partial charge in [0.1, 0.15) is 0 Å². The summed E-state index contributed by atoms with van der Waals surface area (Å²) >= 11 is 3.43. The van der Waals surface area contributed by atoms with E-state index >= 15 is 0 Å². The lowest BCUT2D eigenvalue weighted by Crippen LogP contribution is -2.27. The predicted molar refractivity (Wildman–Crippen MR) is 52.2 cm³/mol. The molecule has 1 heterocycles. The largest absolute Gasteiger partial charge is 0.229 e. The Morgan fingerprint density at radius 3 is 2.75 bits per heavy atom. The van der Waals surface area contributed by atoms with E-state index in [1.165, 1.54) is 0 Å². The third-order valence-corrected chi connectivity index (χ3v) is 5.89. The van der Waals surface area contributed by atoms with Gasteiger partial charge >= 0.3 is 0 Å². The second-order valence-corrected chi connectivity index (χ2v) is 6.94. The Balaban J connectivity index is 2.11. The predicted octanol–water partition coefficient (Wildman–Crippen LogP) is 1.60. The van der Waals surface area contributed by atoms with Gasteiger partial charge < -0.3 is 0 Å². The van der Waals surface area contributed by atoms with E-state index in [0.29, 0.717) is 17.4 Å². The molecule has 0 N–H and O–H groups in total. The zero-order valence-corrected chi connectivity index (χ0v) is 9.33. The average Bonchev–Trinajstić information content (AvgIpc) is 2.60. The molecule has 0 bridgehead atoms. The summed E-state index contributed by atoms with van der Waals surface area (Å²) in [6, 6.07) is 0. The van der Waals surface area contributed by atoms with E-state index in [0.717, 1.165) is 24.6 Å². The molecule has 2 unspecified atom stereocenters. The van der Waals surface area contributed by atoms with Crippen molar-refractivity contribution in [2.24, 2.45) is 11.3 Å². The second kappa shape index (κ2) is 2.71. The maximum absolute atomic E-state index is 11.4. The summed E-state index contributed by atoms with van der Waals surface area (Å²) in [7, 11) is -2.69. The number of alkyl halides is 1. The number of hydrogen-bond acceptors (Lipinski definition) is 2. The van der Waals surface area contributed by atoms with Gasteiger partial charge in [-0.25, -0.2) is 8.42 Å². The Kier molecular flexibility index (Phi) is 2.03. The summed E-state index contributed by atoms with van der Waals surface area (Å²) in [6.07, 6.45) is 3.13. The topological polar surface area (TPSA) is 34.1 Å². The first-order valence-electron chi connectivity index (χ1n) is 4.34. The van der Waals surface area contributed by atoms with Crippen LogP contribution in [0.3, 0.4) is 0 Å². The third kappa shape index (κ3) is 1.43. The van der Waals surface area contributed by atoms with Crippen LogP contribution in [0.15, 0.2) is 0 Å². The molecule has 1 aliphatic heterocycles. The van der Waals surface area contributed by atoms with Gasteiger partial charge in [0.2, 0.25) is 0 Å². The molecule has 2 nitrogen and oxygen atoms in total. The quantitative estimate of drug-likeness (QED) is 0.665. The minimum atomic E-state index is -2.69. The second-order valence-electron chi connectivity index (χ2n) is 4.11. The Hall–Kier alpha value is 0.430. The maximum Gasteiger partial charge on any atom is 0.150 e. The zero-order chi connectivity index (χ0) is 8.82. The Labute approximate surface area is 81.8 Å². The standard InChI is InChI=1S/C8H13BrO2S/c9-5-7-4-8(7)2-1-3-12(10,11)6-8/h7H,1-6H2. The lowest BCUT2D eigenvalue weighted by molar-refractivity contribution is 0.443. The molecule has 2 atom stereocenters. The van der Waals surface area contributed by atoms with Crippen LogP contribution in [0.1, 0.15) is 19.3 Å². The van der Waals surface area contributed by atoms with Gasteiger partial charge in [-0.2, -0.15) is 0 Å². The van der Waals surface area contributed by atoms with Crippen molar-refractivity contribution in [2.45, 2.75) is 19.3 Å². The number of rotatable bonds is 1. The number of halogens is 1. The van der Waals surface area contributed by atoms with Gasteiger partial charge in [0, 0.05) is 5.33 Å². The first kappa shape index (κ1) is 9.00. The zero-order valence-electron chi connectivity index (χ0n) is 6.92. The summed E-state index contributed by atoms with van der Waals surface area (Å²) in [6.45, 7) is 0. The molecule has 2 aliphatic rings. The maximum atomic E-state index is 11.4.